The number of hydrogen-bond acceptors (Lipinski definition) is 2. The van der Waals surface area contributed by atoms with Gasteiger partial charge in [0.2, 0.25) is 0 Å². The molecule has 0 aliphatic carbocycles. The fourth-order valence-electron chi connectivity index (χ4n) is 6.44. The Labute approximate surface area is 254 Å². The van der Waals surface area contributed by atoms with Crippen LogP contribution in [0.1, 0.15) is 41.5 Å². The van der Waals surface area contributed by atoms with Crippen LogP contribution in [0.25, 0.3) is 44.5 Å². The van der Waals surface area contributed by atoms with Crippen molar-refractivity contribution in [1.82, 2.24) is 0 Å². The monoisotopic (exact) mass is 570 g/mol. The predicted molar refractivity (Wildman–Crippen MR) is 186 cm³/mol. The van der Waals surface area contributed by atoms with Crippen molar-refractivity contribution in [2.24, 2.45) is 16.7 Å². The highest BCUT2D eigenvalue weighted by molar-refractivity contribution is 7.19. The van der Waals surface area contributed by atoms with E-state index in [4.69, 9.17) is 5.84 Å². The first-order chi connectivity index (χ1) is 19.9. The molecule has 5 rings (SSSR count). The van der Waals surface area contributed by atoms with Crippen molar-refractivity contribution in [2.45, 2.75) is 46.8 Å². The highest BCUT2D eigenvalue weighted by Crippen LogP contribution is 2.57. The average molecular weight is 571 g/mol. The third-order valence-electron chi connectivity index (χ3n) is 8.51. The summed E-state index contributed by atoms with van der Waals surface area (Å²) < 4.78 is 0. The number of hydrogen-bond donors (Lipinski definition) is 1. The molecule has 5 aromatic carbocycles. The molecule has 2 N–H and O–H groups in total. The highest BCUT2D eigenvalue weighted by Gasteiger charge is 2.51. The second kappa shape index (κ2) is 11.5. The Morgan fingerprint density at radius 1 is 0.476 bits per heavy atom. The summed E-state index contributed by atoms with van der Waals surface area (Å²) in [5, 5.41) is 1.56. The molecule has 2 nitrogen and oxygen atoms in total. The fraction of sp³-hybridized carbons (Fsp3) is 0.231. The molecular weight excluding hydrogens is 527 g/mol. The first-order valence-electron chi connectivity index (χ1n) is 14.7. The second-order valence-electron chi connectivity index (χ2n) is 13.2. The van der Waals surface area contributed by atoms with E-state index in [2.05, 4.69) is 178 Å². The van der Waals surface area contributed by atoms with Gasteiger partial charge in [0.05, 0.1) is 11.0 Å². The first kappa shape index (κ1) is 29.8. The van der Waals surface area contributed by atoms with Crippen molar-refractivity contribution in [2.75, 3.05) is 5.01 Å². The summed E-state index contributed by atoms with van der Waals surface area (Å²) in [6.45, 7) is 13.7. The molecule has 1 unspecified atom stereocenters. The van der Waals surface area contributed by atoms with Gasteiger partial charge in [-0.05, 0) is 50.3 Å². The number of rotatable bonds is 6. The van der Waals surface area contributed by atoms with Crippen molar-refractivity contribution >= 4 is 14.9 Å². The van der Waals surface area contributed by atoms with Crippen LogP contribution in [0.3, 0.4) is 0 Å². The van der Waals surface area contributed by atoms with E-state index in [-0.39, 0.29) is 10.8 Å². The van der Waals surface area contributed by atoms with Gasteiger partial charge < -0.3 is 0 Å². The Morgan fingerprint density at radius 2 is 0.810 bits per heavy atom. The minimum absolute atomic E-state index is 0.170. The molecule has 0 aliphatic rings. The molecule has 0 bridgehead atoms. The van der Waals surface area contributed by atoms with Crippen molar-refractivity contribution in [1.29, 1.82) is 0 Å². The molecule has 0 aliphatic heterocycles. The lowest BCUT2D eigenvalue weighted by atomic mass is 9.70. The van der Waals surface area contributed by atoms with E-state index in [9.17, 15) is 0 Å². The summed E-state index contributed by atoms with van der Waals surface area (Å²) in [7, 11) is 3.18. The lowest BCUT2D eigenvalue weighted by Gasteiger charge is -2.56. The average Bonchev–Trinajstić information content (AvgIpc) is 3.00. The van der Waals surface area contributed by atoms with Crippen LogP contribution in [-0.4, -0.2) is 5.28 Å². The number of benzene rings is 5. The first-order valence-corrected chi connectivity index (χ1v) is 15.3. The fourth-order valence-corrected chi connectivity index (χ4v) is 6.58. The molecule has 1 atom stereocenters. The van der Waals surface area contributed by atoms with E-state index in [1.807, 2.05) is 5.01 Å². The zero-order valence-corrected chi connectivity index (χ0v) is 26.9. The number of anilines is 1. The van der Waals surface area contributed by atoms with Gasteiger partial charge in [-0.1, -0.05) is 163 Å². The molecule has 5 aromatic rings. The Hall–Kier alpha value is -3.71. The van der Waals surface area contributed by atoms with Crippen LogP contribution in [0.15, 0.2) is 127 Å². The molecule has 3 heteroatoms. The van der Waals surface area contributed by atoms with Crippen LogP contribution < -0.4 is 10.9 Å². The number of nitrogens with two attached hydrogens (primary N) is 1. The minimum atomic E-state index is -0.486. The van der Waals surface area contributed by atoms with Crippen LogP contribution in [0, 0.1) is 10.8 Å². The van der Waals surface area contributed by atoms with Crippen LogP contribution >= 0.6 is 9.24 Å². The van der Waals surface area contributed by atoms with E-state index >= 15 is 0 Å². The Bertz CT molecular complexity index is 1620. The summed E-state index contributed by atoms with van der Waals surface area (Å²) in [6, 6.07) is 45.3. The maximum atomic E-state index is 7.48. The molecule has 0 radical (unpaired) electrons. The van der Waals surface area contributed by atoms with Gasteiger partial charge in [-0.25, -0.2) is 5.84 Å². The van der Waals surface area contributed by atoms with Gasteiger partial charge in [0.25, 0.3) is 0 Å². The van der Waals surface area contributed by atoms with Crippen molar-refractivity contribution in [3.8, 4) is 44.5 Å². The van der Waals surface area contributed by atoms with Crippen LogP contribution in [0.5, 0.6) is 0 Å². The van der Waals surface area contributed by atoms with Gasteiger partial charge in [0.1, 0.15) is 0 Å². The van der Waals surface area contributed by atoms with Crippen LogP contribution in [0.2, 0.25) is 0 Å². The molecule has 0 heterocycles. The minimum Gasteiger partial charge on any atom is -0.300 e. The van der Waals surface area contributed by atoms with Gasteiger partial charge in [-0.3, -0.25) is 5.01 Å². The summed E-state index contributed by atoms with van der Waals surface area (Å²) in [5.41, 5.74) is 9.93. The lowest BCUT2D eigenvalue weighted by molar-refractivity contribution is 0.135. The Kier molecular flexibility index (Phi) is 8.17. The smallest absolute Gasteiger partial charge is 0.0790 e. The summed E-state index contributed by atoms with van der Waals surface area (Å²) in [5.74, 6) is 7.48. The van der Waals surface area contributed by atoms with Gasteiger partial charge in [0.15, 0.2) is 0 Å². The van der Waals surface area contributed by atoms with Crippen molar-refractivity contribution < 1.29 is 0 Å². The van der Waals surface area contributed by atoms with E-state index in [0.29, 0.717) is 0 Å². The van der Waals surface area contributed by atoms with Crippen molar-refractivity contribution in [3.63, 3.8) is 0 Å². The predicted octanol–water partition coefficient (Wildman–Crippen LogP) is 10.7. The molecule has 0 saturated carbocycles. The SMILES string of the molecule is CC(C)(C)C(P)(N(N)c1cc(-c2ccccc2)c(-c2ccccc2)c(-c2ccccc2)c1-c1ccccc1)C(C)(C)C. The quantitative estimate of drug-likeness (QED) is 0.125. The molecule has 214 valence electrons. The highest BCUT2D eigenvalue weighted by atomic mass is 31.0. The maximum Gasteiger partial charge on any atom is 0.0790 e. The van der Waals surface area contributed by atoms with Gasteiger partial charge in [-0.2, -0.15) is 0 Å². The molecule has 42 heavy (non-hydrogen) atoms. The van der Waals surface area contributed by atoms with Gasteiger partial charge in [-0.15, -0.1) is 9.24 Å². The normalized spacial score (nSPS) is 12.3. The maximum absolute atomic E-state index is 7.48. The molecule has 0 amide bonds. The summed E-state index contributed by atoms with van der Waals surface area (Å²) in [4.78, 5) is 0. The topological polar surface area (TPSA) is 29.3 Å². The zero-order valence-electron chi connectivity index (χ0n) is 25.7. The number of nitrogens with zero attached hydrogens (tertiary/aromatic N) is 1. The van der Waals surface area contributed by atoms with Crippen LogP contribution in [-0.2, 0) is 0 Å². The zero-order chi connectivity index (χ0) is 30.1. The van der Waals surface area contributed by atoms with E-state index < -0.39 is 5.28 Å². The largest absolute Gasteiger partial charge is 0.300 e. The Balaban J connectivity index is 2.03. The second-order valence-corrected chi connectivity index (χ2v) is 14.0. The lowest BCUT2D eigenvalue weighted by Crippen LogP contribution is -2.63. The molecule has 0 spiro atoms. The van der Waals surface area contributed by atoms with Gasteiger partial charge in [0, 0.05) is 11.1 Å². The number of hydrazine groups is 1. The molecular formula is C39H43N2P. The summed E-state index contributed by atoms with van der Waals surface area (Å²) >= 11 is 0. The third-order valence-corrected chi connectivity index (χ3v) is 10.5. The van der Waals surface area contributed by atoms with Crippen LogP contribution in [0.4, 0.5) is 5.69 Å². The third kappa shape index (κ3) is 5.31. The van der Waals surface area contributed by atoms with Crippen molar-refractivity contribution in [3.05, 3.63) is 127 Å². The molecule has 0 saturated heterocycles. The van der Waals surface area contributed by atoms with E-state index in [0.717, 1.165) is 33.5 Å². The van der Waals surface area contributed by atoms with E-state index in [1.165, 1.54) is 16.7 Å². The van der Waals surface area contributed by atoms with Gasteiger partial charge >= 0.3 is 0 Å². The van der Waals surface area contributed by atoms with E-state index in [1.54, 1.807) is 0 Å². The molecule has 0 fully saturated rings. The Morgan fingerprint density at radius 3 is 1.19 bits per heavy atom. The standard InChI is InChI=1S/C39H43N2P/c1-37(2,3)39(42,38(4,5)6)41(40)33-27-32(28-19-11-7-12-20-28)34(29-21-13-8-14-22-29)36(31-25-17-10-18-26-31)35(33)30-23-15-9-16-24-30/h7-27H,40,42H2,1-6H3. The summed E-state index contributed by atoms with van der Waals surface area (Å²) in [6.07, 6.45) is 0. The molecule has 0 aromatic heterocycles.